The highest BCUT2D eigenvalue weighted by Gasteiger charge is 2.10. The molecule has 132 valence electrons. The van der Waals surface area contributed by atoms with E-state index in [1.54, 1.807) is 37.7 Å². The molecule has 0 aliphatic heterocycles. The minimum absolute atomic E-state index is 0.319. The predicted molar refractivity (Wildman–Crippen MR) is 95.9 cm³/mol. The van der Waals surface area contributed by atoms with E-state index >= 15 is 0 Å². The number of aromatic nitrogens is 1. The Labute approximate surface area is 150 Å². The molecule has 26 heavy (non-hydrogen) atoms. The van der Waals surface area contributed by atoms with Crippen molar-refractivity contribution in [2.45, 2.75) is 6.61 Å². The summed E-state index contributed by atoms with van der Waals surface area (Å²) in [4.78, 5) is 16.3. The number of pyridine rings is 1. The van der Waals surface area contributed by atoms with Gasteiger partial charge in [0.25, 0.3) is 5.91 Å². The SMILES string of the molecule is COc1ccc(NC(=O)c2ccc(F)cc2)cc1OCc1cccnc1. The van der Waals surface area contributed by atoms with Gasteiger partial charge in [0, 0.05) is 35.3 Å². The molecule has 0 unspecified atom stereocenters. The van der Waals surface area contributed by atoms with Gasteiger partial charge in [0.1, 0.15) is 12.4 Å². The van der Waals surface area contributed by atoms with Gasteiger partial charge in [0.05, 0.1) is 7.11 Å². The average Bonchev–Trinajstić information content (AvgIpc) is 2.68. The second kappa shape index (κ2) is 8.11. The first-order valence-corrected chi connectivity index (χ1v) is 7.92. The lowest BCUT2D eigenvalue weighted by atomic mass is 10.2. The Hall–Kier alpha value is -3.41. The van der Waals surface area contributed by atoms with Crippen LogP contribution in [0.3, 0.4) is 0 Å². The van der Waals surface area contributed by atoms with Gasteiger partial charge < -0.3 is 14.8 Å². The zero-order valence-corrected chi connectivity index (χ0v) is 14.1. The summed E-state index contributed by atoms with van der Waals surface area (Å²) in [6.07, 6.45) is 3.41. The number of halogens is 1. The number of rotatable bonds is 6. The number of methoxy groups -OCH3 is 1. The second-order valence-electron chi connectivity index (χ2n) is 5.48. The number of carbonyl (C=O) groups excluding carboxylic acids is 1. The number of amides is 1. The molecule has 0 fully saturated rings. The highest BCUT2D eigenvalue weighted by Crippen LogP contribution is 2.31. The molecule has 1 amide bonds. The van der Waals surface area contributed by atoms with Crippen LogP contribution in [0.2, 0.25) is 0 Å². The van der Waals surface area contributed by atoms with Crippen LogP contribution < -0.4 is 14.8 Å². The predicted octanol–water partition coefficient (Wildman–Crippen LogP) is 4.06. The largest absolute Gasteiger partial charge is 0.493 e. The summed E-state index contributed by atoms with van der Waals surface area (Å²) in [5, 5.41) is 2.76. The van der Waals surface area contributed by atoms with E-state index in [-0.39, 0.29) is 5.91 Å². The fraction of sp³-hybridized carbons (Fsp3) is 0.100. The van der Waals surface area contributed by atoms with Crippen LogP contribution in [0.1, 0.15) is 15.9 Å². The van der Waals surface area contributed by atoms with E-state index in [9.17, 15) is 9.18 Å². The van der Waals surface area contributed by atoms with Crippen molar-refractivity contribution in [2.24, 2.45) is 0 Å². The quantitative estimate of drug-likeness (QED) is 0.727. The van der Waals surface area contributed by atoms with Crippen molar-refractivity contribution in [3.63, 3.8) is 0 Å². The van der Waals surface area contributed by atoms with Gasteiger partial charge in [0.15, 0.2) is 11.5 Å². The Morgan fingerprint density at radius 1 is 1.12 bits per heavy atom. The average molecular weight is 352 g/mol. The second-order valence-corrected chi connectivity index (χ2v) is 5.48. The number of ether oxygens (including phenoxy) is 2. The van der Waals surface area contributed by atoms with Crippen molar-refractivity contribution in [2.75, 3.05) is 12.4 Å². The van der Waals surface area contributed by atoms with Gasteiger partial charge in [-0.3, -0.25) is 9.78 Å². The minimum Gasteiger partial charge on any atom is -0.493 e. The van der Waals surface area contributed by atoms with E-state index in [4.69, 9.17) is 9.47 Å². The summed E-state index contributed by atoms with van der Waals surface area (Å²) < 4.78 is 24.1. The van der Waals surface area contributed by atoms with Crippen LogP contribution >= 0.6 is 0 Å². The minimum atomic E-state index is -0.392. The van der Waals surface area contributed by atoms with Gasteiger partial charge in [-0.05, 0) is 42.5 Å². The fourth-order valence-corrected chi connectivity index (χ4v) is 2.32. The number of anilines is 1. The maximum atomic E-state index is 13.0. The van der Waals surface area contributed by atoms with Crippen LogP contribution in [0.5, 0.6) is 11.5 Å². The molecular weight excluding hydrogens is 335 g/mol. The molecule has 6 heteroatoms. The third-order valence-corrected chi connectivity index (χ3v) is 3.65. The molecule has 0 aliphatic carbocycles. The van der Waals surface area contributed by atoms with E-state index in [1.807, 2.05) is 12.1 Å². The maximum absolute atomic E-state index is 13.0. The third-order valence-electron chi connectivity index (χ3n) is 3.65. The normalized spacial score (nSPS) is 10.2. The number of nitrogens with zero attached hydrogens (tertiary/aromatic N) is 1. The summed E-state index contributed by atoms with van der Waals surface area (Å²) in [7, 11) is 1.54. The van der Waals surface area contributed by atoms with Crippen molar-refractivity contribution < 1.29 is 18.7 Å². The number of hydrogen-bond donors (Lipinski definition) is 1. The lowest BCUT2D eigenvalue weighted by Gasteiger charge is -2.13. The first kappa shape index (κ1) is 17.4. The Balaban J connectivity index is 1.74. The van der Waals surface area contributed by atoms with E-state index in [2.05, 4.69) is 10.3 Å². The molecule has 3 aromatic rings. The van der Waals surface area contributed by atoms with Crippen molar-refractivity contribution in [1.29, 1.82) is 0 Å². The third kappa shape index (κ3) is 4.36. The summed E-state index contributed by atoms with van der Waals surface area (Å²) >= 11 is 0. The molecule has 0 saturated heterocycles. The smallest absolute Gasteiger partial charge is 0.255 e. The van der Waals surface area contributed by atoms with Gasteiger partial charge in [-0.1, -0.05) is 6.07 Å². The molecule has 0 bridgehead atoms. The number of carbonyl (C=O) groups is 1. The lowest BCUT2D eigenvalue weighted by Crippen LogP contribution is -2.12. The molecule has 0 aliphatic rings. The van der Waals surface area contributed by atoms with E-state index in [0.717, 1.165) is 5.56 Å². The van der Waals surface area contributed by atoms with Crippen molar-refractivity contribution >= 4 is 11.6 Å². The van der Waals surface area contributed by atoms with Crippen LogP contribution in [-0.4, -0.2) is 18.0 Å². The molecule has 5 nitrogen and oxygen atoms in total. The Kier molecular flexibility index (Phi) is 5.43. The molecule has 1 aromatic heterocycles. The number of hydrogen-bond acceptors (Lipinski definition) is 4. The van der Waals surface area contributed by atoms with Gasteiger partial charge in [-0.15, -0.1) is 0 Å². The first-order valence-electron chi connectivity index (χ1n) is 7.92. The summed E-state index contributed by atoms with van der Waals surface area (Å²) in [5.74, 6) is 0.312. The van der Waals surface area contributed by atoms with Crippen molar-refractivity contribution in [3.05, 3.63) is 83.9 Å². The maximum Gasteiger partial charge on any atom is 0.255 e. The van der Waals surface area contributed by atoms with Gasteiger partial charge >= 0.3 is 0 Å². The Morgan fingerprint density at radius 3 is 2.62 bits per heavy atom. The van der Waals surface area contributed by atoms with Crippen LogP contribution in [0, 0.1) is 5.82 Å². The van der Waals surface area contributed by atoms with Gasteiger partial charge in [0.2, 0.25) is 0 Å². The molecule has 0 saturated carbocycles. The van der Waals surface area contributed by atoms with Crippen LogP contribution in [0.15, 0.2) is 67.0 Å². The molecule has 3 rings (SSSR count). The molecule has 2 aromatic carbocycles. The molecule has 0 atom stereocenters. The highest BCUT2D eigenvalue weighted by molar-refractivity contribution is 6.04. The highest BCUT2D eigenvalue weighted by atomic mass is 19.1. The molecule has 0 spiro atoms. The van der Waals surface area contributed by atoms with Crippen LogP contribution in [-0.2, 0) is 6.61 Å². The van der Waals surface area contributed by atoms with E-state index < -0.39 is 5.82 Å². The molecular formula is C20H17FN2O3. The molecule has 1 heterocycles. The zero-order chi connectivity index (χ0) is 18.4. The topological polar surface area (TPSA) is 60.5 Å². The number of benzene rings is 2. The van der Waals surface area contributed by atoms with Gasteiger partial charge in [-0.25, -0.2) is 4.39 Å². The van der Waals surface area contributed by atoms with Crippen molar-refractivity contribution in [3.8, 4) is 11.5 Å². The first-order chi connectivity index (χ1) is 12.7. The summed E-state index contributed by atoms with van der Waals surface area (Å²) in [5.41, 5.74) is 1.82. The lowest BCUT2D eigenvalue weighted by molar-refractivity contribution is 0.102. The zero-order valence-electron chi connectivity index (χ0n) is 14.1. The summed E-state index contributed by atoms with van der Waals surface area (Å²) in [6.45, 7) is 0.319. The van der Waals surface area contributed by atoms with E-state index in [0.29, 0.717) is 29.4 Å². The number of nitrogens with one attached hydrogen (secondary N) is 1. The standard InChI is InChI=1S/C20H17FN2O3/c1-25-18-9-8-17(23-20(24)15-4-6-16(21)7-5-15)11-19(18)26-13-14-3-2-10-22-12-14/h2-12H,13H2,1H3,(H,23,24). The van der Waals surface area contributed by atoms with Crippen molar-refractivity contribution in [1.82, 2.24) is 4.98 Å². The Morgan fingerprint density at radius 2 is 1.92 bits per heavy atom. The van der Waals surface area contributed by atoms with Crippen LogP contribution in [0.25, 0.3) is 0 Å². The molecule has 0 radical (unpaired) electrons. The van der Waals surface area contributed by atoms with E-state index in [1.165, 1.54) is 24.3 Å². The summed E-state index contributed by atoms with van der Waals surface area (Å²) in [6, 6.07) is 14.2. The monoisotopic (exact) mass is 352 g/mol. The molecule has 1 N–H and O–H groups in total. The van der Waals surface area contributed by atoms with Gasteiger partial charge in [-0.2, -0.15) is 0 Å². The van der Waals surface area contributed by atoms with Crippen LogP contribution in [0.4, 0.5) is 10.1 Å². The Bertz CT molecular complexity index is 883. The fourth-order valence-electron chi connectivity index (χ4n) is 2.32.